The summed E-state index contributed by atoms with van der Waals surface area (Å²) in [5.74, 6) is 0.00751. The smallest absolute Gasteiger partial charge is 0.243 e. The normalized spacial score (nSPS) is 16.5. The Morgan fingerprint density at radius 1 is 1.32 bits per heavy atom. The van der Waals surface area contributed by atoms with Gasteiger partial charge in [-0.25, -0.2) is 0 Å². The minimum absolute atomic E-state index is 0.00751. The Hall–Kier alpha value is -1.81. The topological polar surface area (TPSA) is 32.3 Å². The van der Waals surface area contributed by atoms with Gasteiger partial charge in [0.15, 0.2) is 0 Å². The Kier molecular flexibility index (Phi) is 4.21. The molecule has 1 amide bonds. The summed E-state index contributed by atoms with van der Waals surface area (Å²) in [5, 5.41) is 2.99. The van der Waals surface area contributed by atoms with E-state index in [1.807, 2.05) is 31.2 Å². The third-order valence-electron chi connectivity index (χ3n) is 4.06. The molecule has 1 heterocycles. The Morgan fingerprint density at radius 2 is 2.09 bits per heavy atom. The van der Waals surface area contributed by atoms with E-state index >= 15 is 0 Å². The molecule has 0 spiro atoms. The first-order valence-corrected chi connectivity index (χ1v) is 8.24. The number of hydrogen-bond donors (Lipinski definition) is 1. The summed E-state index contributed by atoms with van der Waals surface area (Å²) in [4.78, 5) is 14.6. The minimum Gasteiger partial charge on any atom is -0.359 e. The lowest BCUT2D eigenvalue weighted by molar-refractivity contribution is -0.115. The van der Waals surface area contributed by atoms with Gasteiger partial charge in [0.2, 0.25) is 5.91 Å². The van der Waals surface area contributed by atoms with Gasteiger partial charge < -0.3 is 10.2 Å². The zero-order valence-electron chi connectivity index (χ0n) is 12.8. The highest BCUT2D eigenvalue weighted by Crippen LogP contribution is 2.31. The first-order chi connectivity index (χ1) is 10.5. The van der Waals surface area contributed by atoms with Crippen LogP contribution in [-0.4, -0.2) is 18.5 Å². The quantitative estimate of drug-likeness (QED) is 0.893. The maximum absolute atomic E-state index is 12.4. The van der Waals surface area contributed by atoms with Crippen molar-refractivity contribution in [3.8, 4) is 0 Å². The number of rotatable bonds is 3. The van der Waals surface area contributed by atoms with E-state index in [0.29, 0.717) is 12.6 Å². The molecule has 22 heavy (non-hydrogen) atoms. The van der Waals surface area contributed by atoms with E-state index in [4.69, 9.17) is 0 Å². The van der Waals surface area contributed by atoms with E-state index < -0.39 is 0 Å². The van der Waals surface area contributed by atoms with Gasteiger partial charge in [-0.05, 0) is 65.5 Å². The molecule has 0 fully saturated rings. The molecule has 0 saturated carbocycles. The van der Waals surface area contributed by atoms with Gasteiger partial charge in [-0.2, -0.15) is 0 Å². The van der Waals surface area contributed by atoms with E-state index in [1.165, 1.54) is 11.3 Å². The van der Waals surface area contributed by atoms with Gasteiger partial charge in [0, 0.05) is 16.2 Å². The van der Waals surface area contributed by atoms with E-state index in [2.05, 4.69) is 51.3 Å². The summed E-state index contributed by atoms with van der Waals surface area (Å²) in [6.07, 6.45) is 0.998. The zero-order chi connectivity index (χ0) is 15.7. The number of anilines is 2. The average Bonchev–Trinajstić information content (AvgIpc) is 2.78. The molecule has 0 radical (unpaired) electrons. The van der Waals surface area contributed by atoms with Crippen LogP contribution in [0.15, 0.2) is 46.9 Å². The van der Waals surface area contributed by atoms with Crippen molar-refractivity contribution in [2.45, 2.75) is 26.3 Å². The van der Waals surface area contributed by atoms with Crippen LogP contribution in [0.5, 0.6) is 0 Å². The third-order valence-corrected chi connectivity index (χ3v) is 4.72. The number of carbonyl (C=O) groups is 1. The monoisotopic (exact) mass is 358 g/mol. The summed E-state index contributed by atoms with van der Waals surface area (Å²) in [5.41, 5.74) is 4.47. The summed E-state index contributed by atoms with van der Waals surface area (Å²) in [7, 11) is 0. The maximum Gasteiger partial charge on any atom is 0.243 e. The summed E-state index contributed by atoms with van der Waals surface area (Å²) >= 11 is 3.50. The van der Waals surface area contributed by atoms with Crippen LogP contribution < -0.4 is 10.2 Å². The van der Waals surface area contributed by atoms with Crippen LogP contribution >= 0.6 is 15.9 Å². The van der Waals surface area contributed by atoms with Crippen molar-refractivity contribution >= 4 is 33.2 Å². The molecular weight excluding hydrogens is 340 g/mol. The van der Waals surface area contributed by atoms with Gasteiger partial charge in [-0.15, -0.1) is 0 Å². The van der Waals surface area contributed by atoms with E-state index in [-0.39, 0.29) is 5.91 Å². The number of carbonyl (C=O) groups excluding carboxylic acids is 1. The van der Waals surface area contributed by atoms with Crippen LogP contribution in [0.25, 0.3) is 0 Å². The predicted molar refractivity (Wildman–Crippen MR) is 94.5 cm³/mol. The highest BCUT2D eigenvalue weighted by atomic mass is 79.9. The Labute approximate surface area is 139 Å². The van der Waals surface area contributed by atoms with Crippen LogP contribution in [-0.2, 0) is 11.2 Å². The standard InChI is InChI=1S/C18H19BrN2O/c1-12-7-8-16(15(19)9-12)20-18(22)11-21-13(2)10-14-5-3-4-6-17(14)21/h3-9,13H,10-11H2,1-2H3,(H,20,22)/t13-/m0/s1. The lowest BCUT2D eigenvalue weighted by atomic mass is 10.1. The summed E-state index contributed by atoms with van der Waals surface area (Å²) in [6, 6.07) is 14.6. The number of benzene rings is 2. The largest absolute Gasteiger partial charge is 0.359 e. The van der Waals surface area contributed by atoms with Gasteiger partial charge in [0.1, 0.15) is 0 Å². The molecule has 3 rings (SSSR count). The number of halogens is 1. The Morgan fingerprint density at radius 3 is 2.86 bits per heavy atom. The minimum atomic E-state index is 0.00751. The van der Waals surface area contributed by atoms with Crippen molar-refractivity contribution < 1.29 is 4.79 Å². The molecule has 4 heteroatoms. The third kappa shape index (κ3) is 3.02. The highest BCUT2D eigenvalue weighted by Gasteiger charge is 2.27. The Bertz CT molecular complexity index is 714. The van der Waals surface area contributed by atoms with Crippen molar-refractivity contribution in [3.05, 3.63) is 58.1 Å². The average molecular weight is 359 g/mol. The molecule has 0 bridgehead atoms. The molecule has 0 aromatic heterocycles. The molecule has 0 unspecified atom stereocenters. The van der Waals surface area contributed by atoms with E-state index in [0.717, 1.165) is 22.1 Å². The second kappa shape index (κ2) is 6.13. The zero-order valence-corrected chi connectivity index (χ0v) is 14.4. The molecular formula is C18H19BrN2O. The molecule has 3 nitrogen and oxygen atoms in total. The lowest BCUT2D eigenvalue weighted by Crippen LogP contribution is -2.37. The Balaban J connectivity index is 1.72. The van der Waals surface area contributed by atoms with Crippen molar-refractivity contribution in [1.29, 1.82) is 0 Å². The van der Waals surface area contributed by atoms with Crippen LogP contribution in [0, 0.1) is 6.92 Å². The maximum atomic E-state index is 12.4. The first kappa shape index (κ1) is 15.1. The lowest BCUT2D eigenvalue weighted by Gasteiger charge is -2.24. The number of aryl methyl sites for hydroxylation is 1. The highest BCUT2D eigenvalue weighted by molar-refractivity contribution is 9.10. The number of hydrogen-bond acceptors (Lipinski definition) is 2. The van der Waals surface area contributed by atoms with Gasteiger partial charge in [-0.3, -0.25) is 4.79 Å². The number of nitrogens with zero attached hydrogens (tertiary/aromatic N) is 1. The van der Waals surface area contributed by atoms with Crippen molar-refractivity contribution in [2.24, 2.45) is 0 Å². The van der Waals surface area contributed by atoms with E-state index in [1.54, 1.807) is 0 Å². The SMILES string of the molecule is Cc1ccc(NC(=O)CN2c3ccccc3C[C@@H]2C)c(Br)c1. The molecule has 1 aliphatic heterocycles. The number of fused-ring (bicyclic) bond motifs is 1. The van der Waals surface area contributed by atoms with Crippen LogP contribution in [0.3, 0.4) is 0 Å². The fourth-order valence-electron chi connectivity index (χ4n) is 2.94. The number of amides is 1. The van der Waals surface area contributed by atoms with Crippen LogP contribution in [0.4, 0.5) is 11.4 Å². The van der Waals surface area contributed by atoms with Crippen molar-refractivity contribution in [1.82, 2.24) is 0 Å². The molecule has 0 saturated heterocycles. The fourth-order valence-corrected chi connectivity index (χ4v) is 3.53. The van der Waals surface area contributed by atoms with Crippen molar-refractivity contribution in [2.75, 3.05) is 16.8 Å². The number of para-hydroxylation sites is 1. The second-order valence-corrected chi connectivity index (χ2v) is 6.70. The molecule has 0 aliphatic carbocycles. The van der Waals surface area contributed by atoms with E-state index in [9.17, 15) is 4.79 Å². The number of nitrogens with one attached hydrogen (secondary N) is 1. The van der Waals surface area contributed by atoms with Crippen molar-refractivity contribution in [3.63, 3.8) is 0 Å². The van der Waals surface area contributed by atoms with Gasteiger partial charge in [-0.1, -0.05) is 24.3 Å². The van der Waals surface area contributed by atoms with Gasteiger partial charge in [0.05, 0.1) is 12.2 Å². The molecule has 1 aliphatic rings. The molecule has 114 valence electrons. The molecule has 1 N–H and O–H groups in total. The van der Waals surface area contributed by atoms with Gasteiger partial charge >= 0.3 is 0 Å². The molecule has 2 aromatic carbocycles. The molecule has 1 atom stereocenters. The first-order valence-electron chi connectivity index (χ1n) is 7.45. The van der Waals surface area contributed by atoms with Gasteiger partial charge in [0.25, 0.3) is 0 Å². The molecule has 2 aromatic rings. The fraction of sp³-hybridized carbons (Fsp3) is 0.278. The van der Waals surface area contributed by atoms with Crippen LogP contribution in [0.1, 0.15) is 18.1 Å². The summed E-state index contributed by atoms with van der Waals surface area (Å²) < 4.78 is 0.913. The predicted octanol–water partition coefficient (Wildman–Crippen LogP) is 4.15. The van der Waals surface area contributed by atoms with Crippen LogP contribution in [0.2, 0.25) is 0 Å². The summed E-state index contributed by atoms with van der Waals surface area (Å²) in [6.45, 7) is 4.56. The second-order valence-electron chi connectivity index (χ2n) is 5.84.